The molecular formula is C20H28N2O3. The van der Waals surface area contributed by atoms with E-state index in [4.69, 9.17) is 9.26 Å². The Morgan fingerprint density at radius 1 is 1.36 bits per heavy atom. The Kier molecular flexibility index (Phi) is 5.57. The monoisotopic (exact) mass is 344 g/mol. The van der Waals surface area contributed by atoms with Gasteiger partial charge in [0.2, 0.25) is 0 Å². The molecular weight excluding hydrogens is 316 g/mol. The summed E-state index contributed by atoms with van der Waals surface area (Å²) in [6.07, 6.45) is 1.45. The molecule has 0 bridgehead atoms. The van der Waals surface area contributed by atoms with Crippen LogP contribution in [-0.4, -0.2) is 47.6 Å². The van der Waals surface area contributed by atoms with E-state index in [-0.39, 0.29) is 5.92 Å². The molecule has 1 aliphatic heterocycles. The van der Waals surface area contributed by atoms with E-state index in [9.17, 15) is 5.11 Å². The molecule has 2 heterocycles. The lowest BCUT2D eigenvalue weighted by molar-refractivity contribution is -0.0836. The first-order chi connectivity index (χ1) is 12.0. The van der Waals surface area contributed by atoms with Crippen molar-refractivity contribution in [3.05, 3.63) is 41.7 Å². The lowest BCUT2D eigenvalue weighted by Gasteiger charge is -2.43. The van der Waals surface area contributed by atoms with Gasteiger partial charge in [0, 0.05) is 38.4 Å². The van der Waals surface area contributed by atoms with Gasteiger partial charge < -0.3 is 14.4 Å². The molecule has 3 rings (SSSR count). The van der Waals surface area contributed by atoms with Crippen molar-refractivity contribution in [1.29, 1.82) is 0 Å². The van der Waals surface area contributed by atoms with E-state index in [0.29, 0.717) is 13.0 Å². The van der Waals surface area contributed by atoms with Crippen LogP contribution in [0.3, 0.4) is 0 Å². The zero-order valence-electron chi connectivity index (χ0n) is 15.4. The number of benzene rings is 1. The number of aromatic nitrogens is 1. The van der Waals surface area contributed by atoms with Crippen molar-refractivity contribution < 1.29 is 14.4 Å². The fourth-order valence-corrected chi connectivity index (χ4v) is 3.51. The Hall–Kier alpha value is -1.69. The maximum absolute atomic E-state index is 10.8. The van der Waals surface area contributed by atoms with Gasteiger partial charge in [-0.05, 0) is 25.7 Å². The molecule has 1 aromatic heterocycles. The molecule has 0 spiro atoms. The highest BCUT2D eigenvalue weighted by atomic mass is 16.5. The molecule has 1 aliphatic rings. The SMILES string of the molecule is COCC[C@]1(O)CCN(Cc2cc(-c3ccc(C)cc3)no2)C[C@H]1C. The Balaban J connectivity index is 1.60. The number of hydrogen-bond acceptors (Lipinski definition) is 5. The molecule has 25 heavy (non-hydrogen) atoms. The van der Waals surface area contributed by atoms with Gasteiger partial charge in [0.05, 0.1) is 12.1 Å². The molecule has 0 aliphatic carbocycles. The Bertz CT molecular complexity index is 683. The van der Waals surface area contributed by atoms with Crippen molar-refractivity contribution in [2.45, 2.75) is 38.8 Å². The van der Waals surface area contributed by atoms with Crippen molar-refractivity contribution in [1.82, 2.24) is 10.1 Å². The highest BCUT2D eigenvalue weighted by Crippen LogP contribution is 2.32. The van der Waals surface area contributed by atoms with Gasteiger partial charge in [-0.25, -0.2) is 0 Å². The minimum absolute atomic E-state index is 0.205. The molecule has 1 fully saturated rings. The van der Waals surface area contributed by atoms with E-state index in [1.54, 1.807) is 7.11 Å². The highest BCUT2D eigenvalue weighted by molar-refractivity contribution is 5.59. The van der Waals surface area contributed by atoms with Crippen molar-refractivity contribution in [3.63, 3.8) is 0 Å². The van der Waals surface area contributed by atoms with Crippen LogP contribution in [0.2, 0.25) is 0 Å². The first-order valence-corrected chi connectivity index (χ1v) is 8.96. The normalized spacial score (nSPS) is 24.6. The molecule has 0 saturated carbocycles. The van der Waals surface area contributed by atoms with Crippen LogP contribution in [-0.2, 0) is 11.3 Å². The number of aryl methyl sites for hydroxylation is 1. The second kappa shape index (κ2) is 7.68. The number of rotatable bonds is 6. The highest BCUT2D eigenvalue weighted by Gasteiger charge is 2.38. The van der Waals surface area contributed by atoms with Gasteiger partial charge in [0.15, 0.2) is 5.76 Å². The van der Waals surface area contributed by atoms with Crippen LogP contribution in [0.5, 0.6) is 0 Å². The number of methoxy groups -OCH3 is 1. The average Bonchev–Trinajstić information content (AvgIpc) is 3.06. The van der Waals surface area contributed by atoms with Crippen LogP contribution in [0.4, 0.5) is 0 Å². The summed E-state index contributed by atoms with van der Waals surface area (Å²) in [5.41, 5.74) is 2.55. The zero-order chi connectivity index (χ0) is 17.9. The predicted molar refractivity (Wildman–Crippen MR) is 97.2 cm³/mol. The topological polar surface area (TPSA) is 58.7 Å². The molecule has 0 unspecified atom stereocenters. The average molecular weight is 344 g/mol. The number of ether oxygens (including phenoxy) is 1. The van der Waals surface area contributed by atoms with Gasteiger partial charge in [-0.2, -0.15) is 0 Å². The minimum Gasteiger partial charge on any atom is -0.389 e. The minimum atomic E-state index is -0.624. The number of nitrogens with zero attached hydrogens (tertiary/aromatic N) is 2. The third-order valence-corrected chi connectivity index (χ3v) is 5.34. The fraction of sp³-hybridized carbons (Fsp3) is 0.550. The summed E-state index contributed by atoms with van der Waals surface area (Å²) in [5.74, 6) is 1.07. The first-order valence-electron chi connectivity index (χ1n) is 8.96. The quantitative estimate of drug-likeness (QED) is 0.872. The molecule has 0 amide bonds. The third-order valence-electron chi connectivity index (χ3n) is 5.34. The standard InChI is InChI=1S/C20H28N2O3/c1-15-4-6-17(7-5-15)19-12-18(25-21-19)14-22-10-8-20(23,9-11-24-3)16(2)13-22/h4-7,12,16,23H,8-11,13-14H2,1-3H3/t16-,20-/m1/s1. The number of likely N-dealkylation sites (tertiary alicyclic amines) is 1. The van der Waals surface area contributed by atoms with Gasteiger partial charge in [-0.15, -0.1) is 0 Å². The fourth-order valence-electron chi connectivity index (χ4n) is 3.51. The molecule has 5 heteroatoms. The second-order valence-electron chi connectivity index (χ2n) is 7.28. The summed E-state index contributed by atoms with van der Waals surface area (Å²) in [5, 5.41) is 15.0. The largest absolute Gasteiger partial charge is 0.389 e. The van der Waals surface area contributed by atoms with Crippen molar-refractivity contribution in [2.75, 3.05) is 26.8 Å². The second-order valence-corrected chi connectivity index (χ2v) is 7.28. The van der Waals surface area contributed by atoms with Gasteiger partial charge in [0.1, 0.15) is 5.69 Å². The smallest absolute Gasteiger partial charge is 0.151 e. The van der Waals surface area contributed by atoms with Gasteiger partial charge in [0.25, 0.3) is 0 Å². The number of aliphatic hydroxyl groups is 1. The molecule has 0 radical (unpaired) electrons. The van der Waals surface area contributed by atoms with Crippen LogP contribution in [0.15, 0.2) is 34.9 Å². The molecule has 2 atom stereocenters. The maximum Gasteiger partial charge on any atom is 0.151 e. The van der Waals surface area contributed by atoms with Gasteiger partial charge in [-0.1, -0.05) is 41.9 Å². The summed E-state index contributed by atoms with van der Waals surface area (Å²) in [6, 6.07) is 10.3. The Morgan fingerprint density at radius 3 is 2.80 bits per heavy atom. The number of piperidine rings is 1. The predicted octanol–water partition coefficient (Wildman–Crippen LogP) is 3.26. The molecule has 5 nitrogen and oxygen atoms in total. The van der Waals surface area contributed by atoms with Crippen LogP contribution < -0.4 is 0 Å². The molecule has 136 valence electrons. The third kappa shape index (κ3) is 4.29. The van der Waals surface area contributed by atoms with E-state index in [0.717, 1.165) is 43.1 Å². The maximum atomic E-state index is 10.8. The summed E-state index contributed by atoms with van der Waals surface area (Å²) >= 11 is 0. The summed E-state index contributed by atoms with van der Waals surface area (Å²) in [6.45, 7) is 7.21. The van der Waals surface area contributed by atoms with E-state index in [2.05, 4.69) is 48.2 Å². The first kappa shape index (κ1) is 18.1. The Morgan fingerprint density at radius 2 is 2.12 bits per heavy atom. The van der Waals surface area contributed by atoms with Crippen molar-refractivity contribution >= 4 is 0 Å². The van der Waals surface area contributed by atoms with Crippen molar-refractivity contribution in [3.8, 4) is 11.3 Å². The lowest BCUT2D eigenvalue weighted by atomic mass is 9.80. The summed E-state index contributed by atoms with van der Waals surface area (Å²) in [7, 11) is 1.68. The summed E-state index contributed by atoms with van der Waals surface area (Å²) in [4.78, 5) is 2.32. The lowest BCUT2D eigenvalue weighted by Crippen LogP contribution is -2.50. The van der Waals surface area contributed by atoms with Crippen LogP contribution in [0, 0.1) is 12.8 Å². The molecule has 1 saturated heterocycles. The number of hydrogen-bond donors (Lipinski definition) is 1. The van der Waals surface area contributed by atoms with Crippen LogP contribution >= 0.6 is 0 Å². The van der Waals surface area contributed by atoms with Crippen molar-refractivity contribution in [2.24, 2.45) is 5.92 Å². The molecule has 1 N–H and O–H groups in total. The van der Waals surface area contributed by atoms with E-state index in [1.807, 2.05) is 6.07 Å². The Labute approximate surface area is 149 Å². The van der Waals surface area contributed by atoms with E-state index >= 15 is 0 Å². The van der Waals surface area contributed by atoms with E-state index in [1.165, 1.54) is 5.56 Å². The zero-order valence-corrected chi connectivity index (χ0v) is 15.4. The molecule has 1 aromatic carbocycles. The van der Waals surface area contributed by atoms with E-state index < -0.39 is 5.60 Å². The van der Waals surface area contributed by atoms with Crippen LogP contribution in [0.25, 0.3) is 11.3 Å². The van der Waals surface area contributed by atoms with Gasteiger partial charge >= 0.3 is 0 Å². The molecule has 2 aromatic rings. The van der Waals surface area contributed by atoms with Gasteiger partial charge in [-0.3, -0.25) is 4.90 Å². The van der Waals surface area contributed by atoms with Crippen LogP contribution in [0.1, 0.15) is 31.1 Å². The summed E-state index contributed by atoms with van der Waals surface area (Å²) < 4.78 is 10.7.